The quantitative estimate of drug-likeness (QED) is 0.675. The molecular formula is C14H26F2N2O. The van der Waals surface area contributed by atoms with E-state index in [4.69, 9.17) is 5.11 Å². The Bertz CT molecular complexity index is 266. The first-order valence-electron chi connectivity index (χ1n) is 7.48. The van der Waals surface area contributed by atoms with E-state index in [0.29, 0.717) is 19.1 Å². The van der Waals surface area contributed by atoms with E-state index in [-0.39, 0.29) is 18.6 Å². The highest BCUT2D eigenvalue weighted by atomic mass is 19.3. The molecule has 2 N–H and O–H groups in total. The lowest BCUT2D eigenvalue weighted by Crippen LogP contribution is -2.45. The molecular weight excluding hydrogens is 250 g/mol. The monoisotopic (exact) mass is 276 g/mol. The lowest BCUT2D eigenvalue weighted by Gasteiger charge is -2.35. The molecule has 19 heavy (non-hydrogen) atoms. The fourth-order valence-electron chi connectivity index (χ4n) is 3.21. The molecule has 0 aromatic carbocycles. The molecule has 2 saturated carbocycles. The van der Waals surface area contributed by atoms with Crippen LogP contribution >= 0.6 is 0 Å². The molecule has 2 aliphatic rings. The number of nitrogens with one attached hydrogen (secondary N) is 1. The Morgan fingerprint density at radius 2 is 1.95 bits per heavy atom. The van der Waals surface area contributed by atoms with Crippen molar-refractivity contribution in [1.82, 2.24) is 10.2 Å². The second-order valence-electron chi connectivity index (χ2n) is 6.21. The van der Waals surface area contributed by atoms with Crippen molar-refractivity contribution in [1.29, 1.82) is 0 Å². The summed E-state index contributed by atoms with van der Waals surface area (Å²) < 4.78 is 25.2. The molecule has 0 radical (unpaired) electrons. The van der Waals surface area contributed by atoms with Crippen molar-refractivity contribution in [2.24, 2.45) is 5.41 Å². The highest BCUT2D eigenvalue weighted by Gasteiger charge is 2.37. The Hall–Kier alpha value is -0.260. The molecule has 0 aromatic rings. The van der Waals surface area contributed by atoms with Gasteiger partial charge in [0, 0.05) is 25.7 Å². The maximum Gasteiger partial charge on any atom is 0.251 e. The Kier molecular flexibility index (Phi) is 5.54. The summed E-state index contributed by atoms with van der Waals surface area (Å²) in [6, 6.07) is 0.666. The van der Waals surface area contributed by atoms with Crippen LogP contribution in [0.4, 0.5) is 8.78 Å². The summed E-state index contributed by atoms with van der Waals surface area (Å²) in [7, 11) is 0. The van der Waals surface area contributed by atoms with Crippen LogP contribution < -0.4 is 5.32 Å². The van der Waals surface area contributed by atoms with Gasteiger partial charge in [0.15, 0.2) is 0 Å². The van der Waals surface area contributed by atoms with Crippen LogP contribution in [0.25, 0.3) is 0 Å². The summed E-state index contributed by atoms with van der Waals surface area (Å²) in [4.78, 5) is 1.74. The highest BCUT2D eigenvalue weighted by Crippen LogP contribution is 2.39. The van der Waals surface area contributed by atoms with Crippen LogP contribution in [-0.2, 0) is 0 Å². The summed E-state index contributed by atoms with van der Waals surface area (Å²) in [6.45, 7) is 1.74. The average Bonchev–Trinajstić information content (AvgIpc) is 3.07. The van der Waals surface area contributed by atoms with Crippen LogP contribution in [0.5, 0.6) is 0 Å². The lowest BCUT2D eigenvalue weighted by molar-refractivity contribution is 0.0512. The molecule has 2 aliphatic carbocycles. The second kappa shape index (κ2) is 6.95. The third kappa shape index (κ3) is 4.97. The first kappa shape index (κ1) is 15.1. The largest absolute Gasteiger partial charge is 0.395 e. The van der Waals surface area contributed by atoms with E-state index in [1.165, 1.54) is 25.7 Å². The number of alkyl halides is 2. The molecule has 0 heterocycles. The number of hydrogen-bond acceptors (Lipinski definition) is 3. The van der Waals surface area contributed by atoms with Gasteiger partial charge in [-0.25, -0.2) is 8.78 Å². The molecule has 0 atom stereocenters. The Morgan fingerprint density at radius 3 is 2.47 bits per heavy atom. The predicted molar refractivity (Wildman–Crippen MR) is 71.5 cm³/mol. The van der Waals surface area contributed by atoms with Crippen molar-refractivity contribution in [3.63, 3.8) is 0 Å². The summed E-state index contributed by atoms with van der Waals surface area (Å²) in [5, 5.41) is 12.6. The molecule has 0 unspecified atom stereocenters. The summed E-state index contributed by atoms with van der Waals surface area (Å²) in [5.41, 5.74) is 0.145. The van der Waals surface area contributed by atoms with Gasteiger partial charge in [-0.05, 0) is 31.1 Å². The minimum Gasteiger partial charge on any atom is -0.395 e. The molecule has 0 saturated heterocycles. The lowest BCUT2D eigenvalue weighted by atomic mass is 9.85. The third-order valence-corrected chi connectivity index (χ3v) is 4.38. The van der Waals surface area contributed by atoms with Crippen molar-refractivity contribution in [3.8, 4) is 0 Å². The van der Waals surface area contributed by atoms with Gasteiger partial charge < -0.3 is 10.4 Å². The number of nitrogens with zero attached hydrogens (tertiary/aromatic N) is 1. The van der Waals surface area contributed by atoms with E-state index in [1.54, 1.807) is 4.90 Å². The van der Waals surface area contributed by atoms with Gasteiger partial charge >= 0.3 is 0 Å². The van der Waals surface area contributed by atoms with E-state index in [0.717, 1.165) is 19.4 Å². The minimum absolute atomic E-state index is 0.0428. The topological polar surface area (TPSA) is 35.5 Å². The van der Waals surface area contributed by atoms with Crippen LogP contribution in [0.1, 0.15) is 38.5 Å². The van der Waals surface area contributed by atoms with Gasteiger partial charge in [0.25, 0.3) is 6.43 Å². The van der Waals surface area contributed by atoms with Gasteiger partial charge in [-0.2, -0.15) is 0 Å². The summed E-state index contributed by atoms with van der Waals surface area (Å²) >= 11 is 0. The Balaban J connectivity index is 1.88. The van der Waals surface area contributed by atoms with Crippen molar-refractivity contribution >= 4 is 0 Å². The van der Waals surface area contributed by atoms with Crippen LogP contribution in [0.2, 0.25) is 0 Å². The van der Waals surface area contributed by atoms with Crippen molar-refractivity contribution in [2.45, 2.75) is 51.0 Å². The van der Waals surface area contributed by atoms with Gasteiger partial charge in [0.1, 0.15) is 0 Å². The van der Waals surface area contributed by atoms with Gasteiger partial charge in [0.05, 0.1) is 13.2 Å². The standard InChI is InChI=1S/C14H26F2N2O/c15-13(16)9-18(7-8-19)11-14(5-1-2-6-14)10-17-12-3-4-12/h12-13,17,19H,1-11H2. The first-order chi connectivity index (χ1) is 9.13. The number of rotatable bonds is 9. The molecule has 0 bridgehead atoms. The molecule has 2 rings (SSSR count). The molecule has 3 nitrogen and oxygen atoms in total. The molecule has 5 heteroatoms. The average molecular weight is 276 g/mol. The molecule has 0 aromatic heterocycles. The van der Waals surface area contributed by atoms with Gasteiger partial charge in [-0.1, -0.05) is 12.8 Å². The number of hydrogen-bond donors (Lipinski definition) is 2. The van der Waals surface area contributed by atoms with Crippen LogP contribution in [0, 0.1) is 5.41 Å². The molecule has 0 spiro atoms. The van der Waals surface area contributed by atoms with Crippen molar-refractivity contribution < 1.29 is 13.9 Å². The van der Waals surface area contributed by atoms with Crippen LogP contribution in [0.15, 0.2) is 0 Å². The van der Waals surface area contributed by atoms with Gasteiger partial charge in [0.2, 0.25) is 0 Å². The van der Waals surface area contributed by atoms with Crippen molar-refractivity contribution in [3.05, 3.63) is 0 Å². The predicted octanol–water partition coefficient (Wildman–Crippen LogP) is 1.86. The van der Waals surface area contributed by atoms with Crippen molar-refractivity contribution in [2.75, 3.05) is 32.8 Å². The third-order valence-electron chi connectivity index (χ3n) is 4.38. The van der Waals surface area contributed by atoms with E-state index in [9.17, 15) is 8.78 Å². The van der Waals surface area contributed by atoms with Crippen LogP contribution in [-0.4, -0.2) is 55.3 Å². The highest BCUT2D eigenvalue weighted by molar-refractivity contribution is 4.92. The smallest absolute Gasteiger partial charge is 0.251 e. The summed E-state index contributed by atoms with van der Waals surface area (Å²) in [6.07, 6.45) is 4.85. The number of aliphatic hydroxyl groups is 1. The zero-order valence-corrected chi connectivity index (χ0v) is 11.6. The minimum atomic E-state index is -2.32. The SMILES string of the molecule is OCCN(CC(F)F)CC1(CNC2CC2)CCCC1. The zero-order valence-electron chi connectivity index (χ0n) is 11.6. The normalized spacial score (nSPS) is 22.6. The Labute approximate surface area is 114 Å². The molecule has 0 aliphatic heterocycles. The number of halogens is 2. The maximum atomic E-state index is 12.6. The van der Waals surface area contributed by atoms with Gasteiger partial charge in [-0.3, -0.25) is 4.90 Å². The maximum absolute atomic E-state index is 12.6. The van der Waals surface area contributed by atoms with E-state index in [2.05, 4.69) is 5.32 Å². The fourth-order valence-corrected chi connectivity index (χ4v) is 3.21. The van der Waals surface area contributed by atoms with E-state index in [1.807, 2.05) is 0 Å². The second-order valence-corrected chi connectivity index (χ2v) is 6.21. The summed E-state index contributed by atoms with van der Waals surface area (Å²) in [5.74, 6) is 0. The first-order valence-corrected chi connectivity index (χ1v) is 7.48. The molecule has 112 valence electrons. The van der Waals surface area contributed by atoms with Gasteiger partial charge in [-0.15, -0.1) is 0 Å². The Morgan fingerprint density at radius 1 is 1.26 bits per heavy atom. The fraction of sp³-hybridized carbons (Fsp3) is 1.00. The molecule has 0 amide bonds. The van der Waals surface area contributed by atoms with Crippen LogP contribution in [0.3, 0.4) is 0 Å². The molecule has 2 fully saturated rings. The number of aliphatic hydroxyl groups excluding tert-OH is 1. The van der Waals surface area contributed by atoms with E-state index >= 15 is 0 Å². The van der Waals surface area contributed by atoms with E-state index < -0.39 is 6.43 Å². The zero-order chi connectivity index (χ0) is 13.7.